The molecule has 4 aromatic rings. The van der Waals surface area contributed by atoms with Crippen LogP contribution in [-0.4, -0.2) is 54.1 Å². The zero-order chi connectivity index (χ0) is 24.5. The van der Waals surface area contributed by atoms with Crippen LogP contribution in [0.4, 0.5) is 5.13 Å². The van der Waals surface area contributed by atoms with Crippen LogP contribution in [0.5, 0.6) is 5.75 Å². The molecule has 1 fully saturated rings. The number of methoxy groups -OCH3 is 1. The van der Waals surface area contributed by atoms with E-state index in [2.05, 4.69) is 28.1 Å². The number of nitrogens with zero attached hydrogens (tertiary/aromatic N) is 4. The van der Waals surface area contributed by atoms with Crippen LogP contribution in [0.1, 0.15) is 40.0 Å². The number of anilines is 1. The van der Waals surface area contributed by atoms with Crippen molar-refractivity contribution in [3.8, 4) is 5.75 Å². The van der Waals surface area contributed by atoms with E-state index in [1.54, 1.807) is 18.4 Å². The number of hydrogen-bond acceptors (Lipinski definition) is 6. The van der Waals surface area contributed by atoms with E-state index < -0.39 is 0 Å². The van der Waals surface area contributed by atoms with Gasteiger partial charge in [-0.25, -0.2) is 9.97 Å². The molecule has 1 amide bonds. The first-order valence-electron chi connectivity index (χ1n) is 12.4. The van der Waals surface area contributed by atoms with E-state index in [9.17, 15) is 4.79 Å². The number of carbonyl (C=O) groups excluding carboxylic acids is 1. The highest BCUT2D eigenvalue weighted by Gasteiger charge is 2.30. The van der Waals surface area contributed by atoms with Gasteiger partial charge in [0.25, 0.3) is 5.91 Å². The van der Waals surface area contributed by atoms with Crippen LogP contribution in [0.15, 0.2) is 60.1 Å². The maximum atomic E-state index is 14.1. The largest absolute Gasteiger partial charge is 0.497 e. The average molecular weight is 497 g/mol. The zero-order valence-corrected chi connectivity index (χ0v) is 21.1. The summed E-state index contributed by atoms with van der Waals surface area (Å²) >= 11 is 1.66. The van der Waals surface area contributed by atoms with Crippen molar-refractivity contribution in [2.75, 3.05) is 38.2 Å². The number of ether oxygens (including phenoxy) is 1. The van der Waals surface area contributed by atoms with Gasteiger partial charge in [0.15, 0.2) is 5.13 Å². The summed E-state index contributed by atoms with van der Waals surface area (Å²) < 4.78 is 5.30. The zero-order valence-electron chi connectivity index (χ0n) is 20.3. The van der Waals surface area contributed by atoms with E-state index in [1.807, 2.05) is 52.9 Å². The fourth-order valence-electron chi connectivity index (χ4n) is 5.27. The Kier molecular flexibility index (Phi) is 6.15. The Bertz CT molecular complexity index is 1430. The molecule has 2 aromatic carbocycles. The van der Waals surface area contributed by atoms with E-state index in [0.717, 1.165) is 83.1 Å². The van der Waals surface area contributed by atoms with E-state index >= 15 is 0 Å². The quantitative estimate of drug-likeness (QED) is 0.371. The number of rotatable bonds is 4. The van der Waals surface area contributed by atoms with Gasteiger partial charge in [-0.1, -0.05) is 30.3 Å². The molecule has 182 valence electrons. The summed E-state index contributed by atoms with van der Waals surface area (Å²) in [7, 11) is 1.68. The van der Waals surface area contributed by atoms with E-state index in [1.165, 1.54) is 5.57 Å². The molecule has 0 N–H and O–H groups in total. The van der Waals surface area contributed by atoms with Crippen molar-refractivity contribution in [1.29, 1.82) is 0 Å². The standard InChI is InChI=1S/C29H28N4O2S/c1-35-22-10-7-20(8-11-22)19-21-9-12-24-26(23-5-2-3-6-25(23)31-27(21)24)28(34)32-14-4-15-33(17-16-32)29-30-13-18-36-29/h2-3,5-8,10-11,13,18-19H,4,9,12,14-17H2,1H3/b21-19+. The molecule has 0 unspecified atom stereocenters. The molecule has 0 spiro atoms. The van der Waals surface area contributed by atoms with Crippen molar-refractivity contribution < 1.29 is 9.53 Å². The van der Waals surface area contributed by atoms with Gasteiger partial charge in [-0.3, -0.25) is 4.79 Å². The number of benzene rings is 2. The monoisotopic (exact) mass is 496 g/mol. The number of allylic oxidation sites excluding steroid dienone is 1. The van der Waals surface area contributed by atoms with Gasteiger partial charge in [0.1, 0.15) is 5.75 Å². The molecule has 0 saturated carbocycles. The Labute approximate surface area is 214 Å². The van der Waals surface area contributed by atoms with Gasteiger partial charge in [-0.2, -0.15) is 0 Å². The topological polar surface area (TPSA) is 58.6 Å². The highest BCUT2D eigenvalue weighted by Crippen LogP contribution is 2.38. The van der Waals surface area contributed by atoms with Gasteiger partial charge in [-0.05, 0) is 60.2 Å². The normalized spacial score (nSPS) is 16.9. The molecular weight excluding hydrogens is 468 g/mol. The molecule has 0 radical (unpaired) electrons. The van der Waals surface area contributed by atoms with Crippen LogP contribution < -0.4 is 9.64 Å². The Balaban J connectivity index is 1.36. The summed E-state index contributed by atoms with van der Waals surface area (Å²) in [5.41, 5.74) is 6.04. The molecule has 7 heteroatoms. The van der Waals surface area contributed by atoms with Gasteiger partial charge in [0.2, 0.25) is 0 Å². The number of aromatic nitrogens is 2. The number of fused-ring (bicyclic) bond motifs is 2. The van der Waals surface area contributed by atoms with E-state index in [-0.39, 0.29) is 5.91 Å². The molecule has 0 bridgehead atoms. The fourth-order valence-corrected chi connectivity index (χ4v) is 5.96. The van der Waals surface area contributed by atoms with Crippen molar-refractivity contribution in [3.63, 3.8) is 0 Å². The van der Waals surface area contributed by atoms with Crippen LogP contribution in [0.25, 0.3) is 22.6 Å². The number of hydrogen-bond donors (Lipinski definition) is 0. The Hall–Kier alpha value is -3.71. The number of thiazole rings is 1. The molecule has 6 nitrogen and oxygen atoms in total. The lowest BCUT2D eigenvalue weighted by Gasteiger charge is -2.23. The first-order chi connectivity index (χ1) is 17.7. The third-order valence-corrected chi connectivity index (χ3v) is 7.92. The Morgan fingerprint density at radius 1 is 1.03 bits per heavy atom. The van der Waals surface area contributed by atoms with E-state index in [0.29, 0.717) is 6.54 Å². The second-order valence-corrected chi connectivity index (χ2v) is 10.1. The molecule has 1 saturated heterocycles. The van der Waals surface area contributed by atoms with Crippen molar-refractivity contribution in [3.05, 3.63) is 82.5 Å². The van der Waals surface area contributed by atoms with Crippen molar-refractivity contribution in [1.82, 2.24) is 14.9 Å². The molecular formula is C29H28N4O2S. The molecule has 1 aliphatic heterocycles. The lowest BCUT2D eigenvalue weighted by Crippen LogP contribution is -2.36. The number of pyridine rings is 1. The second-order valence-electron chi connectivity index (χ2n) is 9.22. The molecule has 2 aromatic heterocycles. The molecule has 1 aliphatic carbocycles. The third kappa shape index (κ3) is 4.24. The minimum atomic E-state index is 0.122. The van der Waals surface area contributed by atoms with Gasteiger partial charge in [0.05, 0.1) is 23.9 Å². The predicted molar refractivity (Wildman–Crippen MR) is 146 cm³/mol. The SMILES string of the molecule is COc1ccc(/C=C2\CCc3c2nc2ccccc2c3C(=O)N2CCCN(c3nccs3)CC2)cc1. The highest BCUT2D eigenvalue weighted by atomic mass is 32.1. The first-order valence-corrected chi connectivity index (χ1v) is 13.3. The smallest absolute Gasteiger partial charge is 0.254 e. The summed E-state index contributed by atoms with van der Waals surface area (Å²) in [6.07, 6.45) is 6.67. The fraction of sp³-hybridized carbons (Fsp3) is 0.276. The summed E-state index contributed by atoms with van der Waals surface area (Å²) in [5, 5.41) is 3.99. The maximum Gasteiger partial charge on any atom is 0.254 e. The van der Waals surface area contributed by atoms with Gasteiger partial charge < -0.3 is 14.5 Å². The van der Waals surface area contributed by atoms with Crippen LogP contribution in [0.2, 0.25) is 0 Å². The molecule has 3 heterocycles. The highest BCUT2D eigenvalue weighted by molar-refractivity contribution is 7.13. The minimum Gasteiger partial charge on any atom is -0.497 e. The second kappa shape index (κ2) is 9.74. The number of para-hydroxylation sites is 1. The Morgan fingerprint density at radius 2 is 1.89 bits per heavy atom. The molecule has 6 rings (SSSR count). The van der Waals surface area contributed by atoms with Gasteiger partial charge >= 0.3 is 0 Å². The van der Waals surface area contributed by atoms with Gasteiger partial charge in [-0.15, -0.1) is 11.3 Å². The van der Waals surface area contributed by atoms with Crippen molar-refractivity contribution in [2.24, 2.45) is 0 Å². The number of amides is 1. The van der Waals surface area contributed by atoms with Crippen LogP contribution in [0, 0.1) is 0 Å². The van der Waals surface area contributed by atoms with E-state index in [4.69, 9.17) is 9.72 Å². The lowest BCUT2D eigenvalue weighted by molar-refractivity contribution is 0.0768. The molecule has 36 heavy (non-hydrogen) atoms. The van der Waals surface area contributed by atoms with Crippen LogP contribution in [0.3, 0.4) is 0 Å². The predicted octanol–water partition coefficient (Wildman–Crippen LogP) is 5.54. The average Bonchev–Trinajstić information content (AvgIpc) is 3.52. The Morgan fingerprint density at radius 3 is 2.69 bits per heavy atom. The molecule has 2 aliphatic rings. The first kappa shape index (κ1) is 22.7. The van der Waals surface area contributed by atoms with Crippen molar-refractivity contribution in [2.45, 2.75) is 19.3 Å². The minimum absolute atomic E-state index is 0.122. The maximum absolute atomic E-state index is 14.1. The number of carbonyl (C=O) groups is 1. The van der Waals surface area contributed by atoms with Crippen LogP contribution in [-0.2, 0) is 6.42 Å². The third-order valence-electron chi connectivity index (χ3n) is 7.09. The summed E-state index contributed by atoms with van der Waals surface area (Å²) in [4.78, 5) is 27.9. The van der Waals surface area contributed by atoms with Crippen molar-refractivity contribution >= 4 is 44.9 Å². The lowest BCUT2D eigenvalue weighted by atomic mass is 9.99. The van der Waals surface area contributed by atoms with Crippen LogP contribution >= 0.6 is 11.3 Å². The van der Waals surface area contributed by atoms with Gasteiger partial charge in [0, 0.05) is 43.1 Å². The summed E-state index contributed by atoms with van der Waals surface area (Å²) in [5.74, 6) is 0.961. The summed E-state index contributed by atoms with van der Waals surface area (Å²) in [6.45, 7) is 3.16. The summed E-state index contributed by atoms with van der Waals surface area (Å²) in [6, 6.07) is 16.1. The molecule has 0 atom stereocenters.